The monoisotopic (exact) mass is 524 g/mol. The van der Waals surface area contributed by atoms with Crippen molar-refractivity contribution < 1.29 is 37.2 Å². The van der Waals surface area contributed by atoms with Crippen LogP contribution in [0.2, 0.25) is 0 Å². The Kier molecular flexibility index (Phi) is 16.7. The highest BCUT2D eigenvalue weighted by molar-refractivity contribution is 7.48. The van der Waals surface area contributed by atoms with Crippen LogP contribution in [0.1, 0.15) is 70.8 Å². The van der Waals surface area contributed by atoms with Gasteiger partial charge in [-0.05, 0) is 57.9 Å². The third-order valence-corrected chi connectivity index (χ3v) is 6.41. The van der Waals surface area contributed by atoms with Crippen molar-refractivity contribution in [1.82, 2.24) is 0 Å². The number of esters is 2. The zero-order chi connectivity index (χ0) is 26.7. The molecule has 0 aromatic heterocycles. The predicted molar refractivity (Wildman–Crippen MR) is 139 cm³/mol. The van der Waals surface area contributed by atoms with Crippen LogP contribution in [0.4, 0.5) is 0 Å². The van der Waals surface area contributed by atoms with Crippen molar-refractivity contribution in [1.29, 1.82) is 0 Å². The standard InChI is InChI=1S/C27H41O8P/c1-23(2)26(28)31-18-12-5-7-14-20-33-36(30,35-22-25-16-10-9-11-17-25)34-21-15-8-6-13-19-32-27(29)24(3)4/h9-11,16-17H,1,3,5-8,12-15,18-22H2,2,4H3. The molecule has 1 rings (SSSR count). The van der Waals surface area contributed by atoms with E-state index in [0.717, 1.165) is 44.1 Å². The van der Waals surface area contributed by atoms with Crippen LogP contribution in [0.15, 0.2) is 54.6 Å². The van der Waals surface area contributed by atoms with E-state index < -0.39 is 7.82 Å². The molecule has 0 bridgehead atoms. The van der Waals surface area contributed by atoms with Gasteiger partial charge in [-0.15, -0.1) is 0 Å². The lowest BCUT2D eigenvalue weighted by Crippen LogP contribution is -2.06. The molecule has 1 aromatic carbocycles. The summed E-state index contributed by atoms with van der Waals surface area (Å²) in [5.74, 6) is -0.753. The quantitative estimate of drug-likeness (QED) is 0.0758. The third kappa shape index (κ3) is 15.7. The van der Waals surface area contributed by atoms with E-state index in [1.165, 1.54) is 0 Å². The Morgan fingerprint density at radius 2 is 1.08 bits per heavy atom. The van der Waals surface area contributed by atoms with Gasteiger partial charge in [0.05, 0.1) is 33.0 Å². The van der Waals surface area contributed by atoms with Crippen LogP contribution in [0.25, 0.3) is 0 Å². The third-order valence-electron chi connectivity index (χ3n) is 4.97. The molecule has 8 nitrogen and oxygen atoms in total. The van der Waals surface area contributed by atoms with Gasteiger partial charge in [-0.1, -0.05) is 56.3 Å². The van der Waals surface area contributed by atoms with E-state index in [1.807, 2.05) is 30.3 Å². The second kappa shape index (κ2) is 18.9. The molecule has 0 amide bonds. The molecule has 0 aliphatic rings. The van der Waals surface area contributed by atoms with Gasteiger partial charge in [0.25, 0.3) is 0 Å². The van der Waals surface area contributed by atoms with Gasteiger partial charge in [0, 0.05) is 11.1 Å². The summed E-state index contributed by atoms with van der Waals surface area (Å²) >= 11 is 0. The maximum absolute atomic E-state index is 13.1. The van der Waals surface area contributed by atoms with Crippen molar-refractivity contribution in [3.63, 3.8) is 0 Å². The first kappa shape index (κ1) is 31.8. The molecule has 1 aromatic rings. The van der Waals surface area contributed by atoms with Gasteiger partial charge in [-0.2, -0.15) is 0 Å². The van der Waals surface area contributed by atoms with Crippen molar-refractivity contribution in [3.05, 3.63) is 60.2 Å². The maximum Gasteiger partial charge on any atom is 0.475 e. The first-order valence-electron chi connectivity index (χ1n) is 12.5. The highest BCUT2D eigenvalue weighted by atomic mass is 31.2. The molecule has 36 heavy (non-hydrogen) atoms. The van der Waals surface area contributed by atoms with E-state index in [1.54, 1.807) is 13.8 Å². The largest absolute Gasteiger partial charge is 0.475 e. The highest BCUT2D eigenvalue weighted by Gasteiger charge is 2.26. The van der Waals surface area contributed by atoms with Gasteiger partial charge in [0.2, 0.25) is 0 Å². The zero-order valence-electron chi connectivity index (χ0n) is 21.7. The number of carbonyl (C=O) groups excluding carboxylic acids is 2. The van der Waals surface area contributed by atoms with Crippen LogP contribution >= 0.6 is 7.82 Å². The number of phosphoric ester groups is 1. The average molecular weight is 525 g/mol. The molecule has 0 spiro atoms. The Morgan fingerprint density at radius 3 is 1.50 bits per heavy atom. The Hall–Kier alpha value is -2.25. The van der Waals surface area contributed by atoms with Crippen LogP contribution < -0.4 is 0 Å². The second-order valence-corrected chi connectivity index (χ2v) is 10.2. The van der Waals surface area contributed by atoms with Gasteiger partial charge in [-0.25, -0.2) is 14.2 Å². The lowest BCUT2D eigenvalue weighted by molar-refractivity contribution is -0.139. The molecular weight excluding hydrogens is 483 g/mol. The SMILES string of the molecule is C=C(C)C(=O)OCCCCCCOP(=O)(OCCCCCCOC(=O)C(=C)C)OCc1ccccc1. The van der Waals surface area contributed by atoms with E-state index >= 15 is 0 Å². The average Bonchev–Trinajstić information content (AvgIpc) is 2.86. The molecule has 0 fully saturated rings. The molecule has 202 valence electrons. The summed E-state index contributed by atoms with van der Waals surface area (Å²) in [6.45, 7) is 11.6. The second-order valence-electron chi connectivity index (χ2n) is 8.53. The number of benzene rings is 1. The minimum atomic E-state index is -3.71. The topological polar surface area (TPSA) is 97.4 Å². The summed E-state index contributed by atoms with van der Waals surface area (Å²) in [5.41, 5.74) is 1.65. The minimum Gasteiger partial charge on any atom is -0.462 e. The van der Waals surface area contributed by atoms with Gasteiger partial charge >= 0.3 is 19.8 Å². The molecule has 0 atom stereocenters. The molecule has 0 N–H and O–H groups in total. The summed E-state index contributed by atoms with van der Waals surface area (Å²) in [6.07, 6.45) is 6.21. The molecule has 9 heteroatoms. The Morgan fingerprint density at radius 1 is 0.667 bits per heavy atom. The highest BCUT2D eigenvalue weighted by Crippen LogP contribution is 2.50. The summed E-state index contributed by atoms with van der Waals surface area (Å²) in [6, 6.07) is 9.42. The Bertz CT molecular complexity index is 807. The number of rotatable bonds is 21. The van der Waals surface area contributed by atoms with Crippen LogP contribution in [0.5, 0.6) is 0 Å². The number of ether oxygens (including phenoxy) is 2. The molecule has 0 aliphatic carbocycles. The van der Waals surface area contributed by atoms with Gasteiger partial charge < -0.3 is 9.47 Å². The van der Waals surface area contributed by atoms with E-state index in [9.17, 15) is 14.2 Å². The first-order chi connectivity index (χ1) is 17.2. The van der Waals surface area contributed by atoms with Crippen molar-refractivity contribution in [3.8, 4) is 0 Å². The Balaban J connectivity index is 2.31. The first-order valence-corrected chi connectivity index (χ1v) is 13.9. The number of carbonyl (C=O) groups is 2. The lowest BCUT2D eigenvalue weighted by atomic mass is 10.2. The molecule has 0 saturated heterocycles. The van der Waals surface area contributed by atoms with Crippen molar-refractivity contribution in [2.24, 2.45) is 0 Å². The van der Waals surface area contributed by atoms with Gasteiger partial charge in [0.15, 0.2) is 0 Å². The Labute approximate surface area is 215 Å². The normalized spacial score (nSPS) is 11.2. The smallest absolute Gasteiger partial charge is 0.462 e. The van der Waals surface area contributed by atoms with Gasteiger partial charge in [0.1, 0.15) is 0 Å². The van der Waals surface area contributed by atoms with Crippen molar-refractivity contribution in [2.45, 2.75) is 71.8 Å². The molecular formula is C27H41O8P. The van der Waals surface area contributed by atoms with Crippen LogP contribution in [0.3, 0.4) is 0 Å². The number of unbranched alkanes of at least 4 members (excludes halogenated alkanes) is 6. The van der Waals surface area contributed by atoms with Crippen LogP contribution in [-0.2, 0) is 43.8 Å². The van der Waals surface area contributed by atoms with Crippen molar-refractivity contribution >= 4 is 19.8 Å². The van der Waals surface area contributed by atoms with E-state index in [0.29, 0.717) is 37.2 Å². The molecule has 0 radical (unpaired) electrons. The van der Waals surface area contributed by atoms with Gasteiger partial charge in [-0.3, -0.25) is 13.6 Å². The number of hydrogen-bond donors (Lipinski definition) is 0. The summed E-state index contributed by atoms with van der Waals surface area (Å²) in [5, 5.41) is 0. The van der Waals surface area contributed by atoms with E-state index in [2.05, 4.69) is 13.2 Å². The molecule has 0 heterocycles. The molecule has 0 aliphatic heterocycles. The summed E-state index contributed by atoms with van der Waals surface area (Å²) < 4.78 is 40.0. The predicted octanol–water partition coefficient (Wildman–Crippen LogP) is 6.70. The van der Waals surface area contributed by atoms with Crippen LogP contribution in [-0.4, -0.2) is 38.4 Å². The fraction of sp³-hybridized carbons (Fsp3) is 0.556. The molecule has 0 saturated carbocycles. The van der Waals surface area contributed by atoms with Crippen LogP contribution in [0, 0.1) is 0 Å². The van der Waals surface area contributed by atoms with E-state index in [-0.39, 0.29) is 31.8 Å². The number of phosphoric acid groups is 1. The van der Waals surface area contributed by atoms with Crippen molar-refractivity contribution in [2.75, 3.05) is 26.4 Å². The number of hydrogen-bond acceptors (Lipinski definition) is 8. The fourth-order valence-electron chi connectivity index (χ4n) is 2.88. The maximum atomic E-state index is 13.1. The lowest BCUT2D eigenvalue weighted by Gasteiger charge is -2.18. The minimum absolute atomic E-state index is 0.125. The summed E-state index contributed by atoms with van der Waals surface area (Å²) in [7, 11) is -3.71. The zero-order valence-corrected chi connectivity index (χ0v) is 22.6. The molecule has 0 unspecified atom stereocenters. The van der Waals surface area contributed by atoms with E-state index in [4.69, 9.17) is 23.0 Å². The fourth-order valence-corrected chi connectivity index (χ4v) is 4.12. The summed E-state index contributed by atoms with van der Waals surface area (Å²) in [4.78, 5) is 22.7.